The monoisotopic (exact) mass is 412 g/mol. The van der Waals surface area contributed by atoms with E-state index in [2.05, 4.69) is 35.7 Å². The second kappa shape index (κ2) is 9.27. The van der Waals surface area contributed by atoms with E-state index in [1.807, 2.05) is 24.3 Å². The van der Waals surface area contributed by atoms with Gasteiger partial charge in [-0.05, 0) is 45.5 Å². The van der Waals surface area contributed by atoms with Crippen molar-refractivity contribution < 1.29 is 13.9 Å². The Balaban J connectivity index is 1.34. The summed E-state index contributed by atoms with van der Waals surface area (Å²) < 4.78 is 19.0. The molecule has 1 amide bonds. The number of nitrogens with one attached hydrogen (secondary N) is 1. The molecule has 1 aliphatic rings. The van der Waals surface area contributed by atoms with Crippen LogP contribution >= 0.6 is 0 Å². The van der Waals surface area contributed by atoms with Crippen molar-refractivity contribution >= 4 is 12.2 Å². The van der Waals surface area contributed by atoms with E-state index in [1.165, 1.54) is 23.3 Å². The van der Waals surface area contributed by atoms with Crippen LogP contribution in [0.25, 0.3) is 17.2 Å². The van der Waals surface area contributed by atoms with Gasteiger partial charge in [-0.2, -0.15) is 5.26 Å². The van der Waals surface area contributed by atoms with Crippen molar-refractivity contribution in [2.45, 2.75) is 12.3 Å². The highest BCUT2D eigenvalue weighted by atomic mass is 19.1. The maximum atomic E-state index is 13.5. The molecule has 4 nitrogen and oxygen atoms in total. The zero-order valence-corrected chi connectivity index (χ0v) is 16.8. The van der Waals surface area contributed by atoms with Gasteiger partial charge in [-0.15, -0.1) is 0 Å². The van der Waals surface area contributed by atoms with Crippen LogP contribution in [0, 0.1) is 17.1 Å². The van der Waals surface area contributed by atoms with Crippen molar-refractivity contribution in [3.63, 3.8) is 0 Å². The van der Waals surface area contributed by atoms with Gasteiger partial charge in [0.25, 0.3) is 0 Å². The van der Waals surface area contributed by atoms with Crippen LogP contribution in [0.2, 0.25) is 0 Å². The maximum Gasteiger partial charge on any atom is 0.407 e. The van der Waals surface area contributed by atoms with E-state index in [-0.39, 0.29) is 31.3 Å². The van der Waals surface area contributed by atoms with Crippen LogP contribution in [0.5, 0.6) is 0 Å². The molecule has 3 aromatic carbocycles. The number of alkyl carbamates (subject to hydrolysis) is 1. The molecule has 4 rings (SSSR count). The molecular weight excluding hydrogens is 391 g/mol. The first-order valence-corrected chi connectivity index (χ1v) is 10.1. The van der Waals surface area contributed by atoms with E-state index in [4.69, 9.17) is 10.00 Å². The minimum absolute atomic E-state index is 0.00882. The molecule has 0 unspecified atom stereocenters. The zero-order valence-electron chi connectivity index (χ0n) is 16.8. The average Bonchev–Trinajstić information content (AvgIpc) is 3.11. The summed E-state index contributed by atoms with van der Waals surface area (Å²) in [5, 5.41) is 11.6. The van der Waals surface area contributed by atoms with E-state index >= 15 is 0 Å². The van der Waals surface area contributed by atoms with Crippen molar-refractivity contribution in [3.8, 4) is 17.2 Å². The molecule has 0 saturated carbocycles. The molecule has 5 heteroatoms. The molecule has 1 aliphatic carbocycles. The van der Waals surface area contributed by atoms with Crippen LogP contribution in [-0.4, -0.2) is 19.2 Å². The molecule has 0 aromatic heterocycles. The van der Waals surface area contributed by atoms with E-state index in [9.17, 15) is 9.18 Å². The summed E-state index contributed by atoms with van der Waals surface area (Å²) >= 11 is 0. The van der Waals surface area contributed by atoms with E-state index in [0.29, 0.717) is 5.56 Å². The molecule has 0 spiro atoms. The summed E-state index contributed by atoms with van der Waals surface area (Å²) in [4.78, 5) is 12.2. The number of hydrogen-bond donors (Lipinski definition) is 1. The van der Waals surface area contributed by atoms with Gasteiger partial charge in [-0.1, -0.05) is 66.7 Å². The fourth-order valence-electron chi connectivity index (χ4n) is 3.94. The summed E-state index contributed by atoms with van der Waals surface area (Å²) in [5.74, 6) is -0.361. The van der Waals surface area contributed by atoms with Gasteiger partial charge in [0.15, 0.2) is 0 Å². The molecule has 0 saturated heterocycles. The van der Waals surface area contributed by atoms with Crippen LogP contribution in [0.1, 0.15) is 28.2 Å². The number of fused-ring (bicyclic) bond motifs is 3. The first-order chi connectivity index (χ1) is 15.2. The zero-order chi connectivity index (χ0) is 21.6. The topological polar surface area (TPSA) is 62.1 Å². The molecule has 3 aromatic rings. The Bertz CT molecular complexity index is 1130. The van der Waals surface area contributed by atoms with Gasteiger partial charge in [-0.3, -0.25) is 0 Å². The molecule has 0 heterocycles. The summed E-state index contributed by atoms with van der Waals surface area (Å²) in [7, 11) is 0. The van der Waals surface area contributed by atoms with E-state index in [1.54, 1.807) is 18.2 Å². The van der Waals surface area contributed by atoms with Gasteiger partial charge in [0, 0.05) is 12.5 Å². The third-order valence-corrected chi connectivity index (χ3v) is 5.38. The van der Waals surface area contributed by atoms with Gasteiger partial charge >= 0.3 is 6.09 Å². The van der Waals surface area contributed by atoms with Gasteiger partial charge in [-0.25, -0.2) is 9.18 Å². The number of nitrogens with zero attached hydrogens (tertiary/aromatic N) is 1. The smallest absolute Gasteiger partial charge is 0.407 e. The van der Waals surface area contributed by atoms with Crippen molar-refractivity contribution in [2.75, 3.05) is 13.2 Å². The normalized spacial score (nSPS) is 12.3. The number of rotatable bonds is 6. The Labute approximate surface area is 180 Å². The molecule has 0 aliphatic heterocycles. The second-order valence-electron chi connectivity index (χ2n) is 7.29. The quantitative estimate of drug-likeness (QED) is 0.586. The number of halogens is 1. The Morgan fingerprint density at radius 1 is 1.06 bits per heavy atom. The highest BCUT2D eigenvalue weighted by Gasteiger charge is 2.28. The van der Waals surface area contributed by atoms with Crippen LogP contribution in [-0.2, 0) is 11.2 Å². The largest absolute Gasteiger partial charge is 0.449 e. The third-order valence-electron chi connectivity index (χ3n) is 5.38. The van der Waals surface area contributed by atoms with Crippen molar-refractivity contribution in [3.05, 3.63) is 101 Å². The fraction of sp³-hybridized carbons (Fsp3) is 0.154. The maximum absolute atomic E-state index is 13.5. The predicted octanol–water partition coefficient (Wildman–Crippen LogP) is 5.44. The Morgan fingerprint density at radius 2 is 1.74 bits per heavy atom. The minimum atomic E-state index is -0.511. The minimum Gasteiger partial charge on any atom is -0.449 e. The van der Waals surface area contributed by atoms with Crippen molar-refractivity contribution in [2.24, 2.45) is 0 Å². The molecule has 1 N–H and O–H groups in total. The Kier molecular flexibility index (Phi) is 6.09. The predicted molar refractivity (Wildman–Crippen MR) is 118 cm³/mol. The van der Waals surface area contributed by atoms with Gasteiger partial charge in [0.2, 0.25) is 0 Å². The van der Waals surface area contributed by atoms with E-state index in [0.717, 1.165) is 16.7 Å². The van der Waals surface area contributed by atoms with Crippen LogP contribution in [0.3, 0.4) is 0 Å². The number of carbonyl (C=O) groups excluding carboxylic acids is 1. The average molecular weight is 412 g/mol. The summed E-state index contributed by atoms with van der Waals surface area (Å²) in [6, 6.07) is 22.7. The number of hydrogen-bond acceptors (Lipinski definition) is 3. The van der Waals surface area contributed by atoms with Crippen molar-refractivity contribution in [1.29, 1.82) is 5.26 Å². The molecule has 0 radical (unpaired) electrons. The first-order valence-electron chi connectivity index (χ1n) is 10.1. The lowest BCUT2D eigenvalue weighted by Gasteiger charge is -2.14. The summed E-state index contributed by atoms with van der Waals surface area (Å²) in [6.07, 6.45) is 3.08. The first kappa shape index (κ1) is 20.4. The van der Waals surface area contributed by atoms with Gasteiger partial charge < -0.3 is 10.1 Å². The number of amides is 1. The lowest BCUT2D eigenvalue weighted by molar-refractivity contribution is 0.144. The fourth-order valence-corrected chi connectivity index (χ4v) is 3.94. The molecule has 0 atom stereocenters. The van der Waals surface area contributed by atoms with Crippen LogP contribution in [0.15, 0.2) is 72.8 Å². The molecule has 31 heavy (non-hydrogen) atoms. The molecule has 0 bridgehead atoms. The SMILES string of the molecule is N#CCc1ccc(F)cc1C=CCNC(=O)OCC1c2ccccc2-c2ccccc21. The third kappa shape index (κ3) is 4.49. The number of ether oxygens (including phenoxy) is 1. The number of carbonyl (C=O) groups is 1. The molecule has 0 fully saturated rings. The lowest BCUT2D eigenvalue weighted by Crippen LogP contribution is -2.26. The summed E-state index contributed by atoms with van der Waals surface area (Å²) in [5.41, 5.74) is 6.04. The van der Waals surface area contributed by atoms with Crippen LogP contribution < -0.4 is 5.32 Å². The van der Waals surface area contributed by atoms with Crippen LogP contribution in [0.4, 0.5) is 9.18 Å². The van der Waals surface area contributed by atoms with E-state index < -0.39 is 6.09 Å². The highest BCUT2D eigenvalue weighted by Crippen LogP contribution is 2.44. The molecular formula is C26H21FN2O2. The lowest BCUT2D eigenvalue weighted by atomic mass is 9.98. The van der Waals surface area contributed by atoms with Gasteiger partial charge in [0.05, 0.1) is 12.5 Å². The number of benzene rings is 3. The highest BCUT2D eigenvalue weighted by molar-refractivity contribution is 5.79. The van der Waals surface area contributed by atoms with Gasteiger partial charge in [0.1, 0.15) is 12.4 Å². The molecule has 154 valence electrons. The number of nitriles is 1. The Morgan fingerprint density at radius 3 is 2.42 bits per heavy atom. The summed E-state index contributed by atoms with van der Waals surface area (Å²) in [6.45, 7) is 0.485. The Hall–Kier alpha value is -3.91. The standard InChI is InChI=1S/C26H21FN2O2/c27-20-12-11-18(13-14-28)19(16-20)6-5-15-29-26(30)31-17-25-23-9-3-1-7-21(23)22-8-2-4-10-24(22)25/h1-12,16,25H,13,15,17H2,(H,29,30). The van der Waals surface area contributed by atoms with Crippen molar-refractivity contribution in [1.82, 2.24) is 5.32 Å². The second-order valence-corrected chi connectivity index (χ2v) is 7.29.